The molecule has 2 aliphatic heterocycles. The molecule has 2 aromatic carbocycles. The van der Waals surface area contributed by atoms with Crippen LogP contribution in [0.2, 0.25) is 0 Å². The number of halogens is 5. The van der Waals surface area contributed by atoms with Crippen molar-refractivity contribution in [1.82, 2.24) is 4.90 Å². The zero-order valence-electron chi connectivity index (χ0n) is 16.8. The van der Waals surface area contributed by atoms with Crippen LogP contribution in [0.3, 0.4) is 0 Å². The summed E-state index contributed by atoms with van der Waals surface area (Å²) in [5.41, 5.74) is 0.0380. The average molecular weight is 439 g/mol. The van der Waals surface area contributed by atoms with Gasteiger partial charge in [0.15, 0.2) is 0 Å². The minimum absolute atomic E-state index is 0.00893. The van der Waals surface area contributed by atoms with Gasteiger partial charge in [-0.1, -0.05) is 18.2 Å². The number of fused-ring (bicyclic) bond motifs is 1. The predicted octanol–water partition coefficient (Wildman–Crippen LogP) is 5.55. The zero-order chi connectivity index (χ0) is 22.3. The van der Waals surface area contributed by atoms with E-state index >= 15 is 0 Å². The second kappa shape index (κ2) is 8.22. The minimum atomic E-state index is -4.60. The normalized spacial score (nSPS) is 24.5. The van der Waals surface area contributed by atoms with Gasteiger partial charge in [0.25, 0.3) is 0 Å². The van der Waals surface area contributed by atoms with Gasteiger partial charge >= 0.3 is 6.18 Å². The number of nitrogens with zero attached hydrogens (tertiary/aromatic N) is 1. The van der Waals surface area contributed by atoms with E-state index in [2.05, 4.69) is 0 Å². The van der Waals surface area contributed by atoms with E-state index in [-0.39, 0.29) is 34.8 Å². The van der Waals surface area contributed by atoms with E-state index in [0.717, 1.165) is 17.7 Å². The fourth-order valence-corrected chi connectivity index (χ4v) is 4.71. The highest BCUT2D eigenvalue weighted by atomic mass is 19.4. The van der Waals surface area contributed by atoms with Crippen LogP contribution in [0.15, 0.2) is 42.5 Å². The van der Waals surface area contributed by atoms with E-state index in [1.165, 1.54) is 18.2 Å². The molecule has 2 saturated heterocycles. The third kappa shape index (κ3) is 4.31. The molecule has 0 saturated carbocycles. The molecular weight excluding hydrogens is 417 g/mol. The van der Waals surface area contributed by atoms with E-state index in [0.29, 0.717) is 19.4 Å². The van der Waals surface area contributed by atoms with Gasteiger partial charge in [-0.2, -0.15) is 13.2 Å². The van der Waals surface area contributed by atoms with Crippen LogP contribution in [0.1, 0.15) is 54.0 Å². The maximum Gasteiger partial charge on any atom is 0.416 e. The summed E-state index contributed by atoms with van der Waals surface area (Å²) in [5, 5.41) is 0. The molecule has 2 fully saturated rings. The summed E-state index contributed by atoms with van der Waals surface area (Å²) in [6.07, 6.45) is -4.75. The van der Waals surface area contributed by atoms with Crippen molar-refractivity contribution in [2.75, 3.05) is 6.54 Å². The Morgan fingerprint density at radius 2 is 1.87 bits per heavy atom. The van der Waals surface area contributed by atoms with Crippen LogP contribution in [0.5, 0.6) is 0 Å². The van der Waals surface area contributed by atoms with Crippen molar-refractivity contribution in [2.45, 2.75) is 56.8 Å². The third-order valence-corrected chi connectivity index (χ3v) is 6.17. The lowest BCUT2D eigenvalue weighted by atomic mass is 9.88. The Kier molecular flexibility index (Phi) is 5.77. The summed E-state index contributed by atoms with van der Waals surface area (Å²) >= 11 is 0. The molecule has 2 heterocycles. The predicted molar refractivity (Wildman–Crippen MR) is 103 cm³/mol. The van der Waals surface area contributed by atoms with E-state index in [4.69, 9.17) is 4.74 Å². The lowest BCUT2D eigenvalue weighted by Gasteiger charge is -2.27. The summed E-state index contributed by atoms with van der Waals surface area (Å²) in [7, 11) is 0. The maximum atomic E-state index is 13.4. The molecule has 166 valence electrons. The van der Waals surface area contributed by atoms with E-state index in [1.54, 1.807) is 24.0 Å². The highest BCUT2D eigenvalue weighted by molar-refractivity contribution is 5.79. The highest BCUT2D eigenvalue weighted by Gasteiger charge is 2.49. The molecule has 31 heavy (non-hydrogen) atoms. The topological polar surface area (TPSA) is 29.5 Å². The van der Waals surface area contributed by atoms with Crippen molar-refractivity contribution in [3.8, 4) is 0 Å². The maximum absolute atomic E-state index is 13.4. The molecule has 0 bridgehead atoms. The van der Waals surface area contributed by atoms with Crippen molar-refractivity contribution < 1.29 is 31.5 Å². The first kappa shape index (κ1) is 21.7. The fraction of sp³-hybridized carbons (Fsp3) is 0.435. The summed E-state index contributed by atoms with van der Waals surface area (Å²) < 4.78 is 72.5. The van der Waals surface area contributed by atoms with Gasteiger partial charge in [0.05, 0.1) is 17.8 Å². The van der Waals surface area contributed by atoms with Gasteiger partial charge in [-0.05, 0) is 54.3 Å². The summed E-state index contributed by atoms with van der Waals surface area (Å²) in [6, 6.07) is 9.02. The minimum Gasteiger partial charge on any atom is -0.368 e. The van der Waals surface area contributed by atoms with E-state index in [1.807, 2.05) is 0 Å². The largest absolute Gasteiger partial charge is 0.416 e. The molecule has 0 radical (unpaired) electrons. The van der Waals surface area contributed by atoms with Crippen LogP contribution >= 0.6 is 0 Å². The van der Waals surface area contributed by atoms with Gasteiger partial charge in [0.2, 0.25) is 5.91 Å². The number of benzene rings is 2. The Morgan fingerprint density at radius 3 is 2.52 bits per heavy atom. The first-order valence-corrected chi connectivity index (χ1v) is 10.1. The Hall–Kier alpha value is -2.48. The van der Waals surface area contributed by atoms with Gasteiger partial charge in [0, 0.05) is 24.9 Å². The highest BCUT2D eigenvalue weighted by Crippen LogP contribution is 2.43. The first-order chi connectivity index (χ1) is 14.7. The van der Waals surface area contributed by atoms with Crippen molar-refractivity contribution in [3.63, 3.8) is 0 Å². The van der Waals surface area contributed by atoms with Crippen molar-refractivity contribution in [2.24, 2.45) is 0 Å². The SMILES string of the molecule is C[C@@H](O[C@H]1CN2C(=O)CC[C@H]2[C@@H]1c1ccc(F)cc1)c1cc(CF)cc(C(F)(F)F)c1. The monoisotopic (exact) mass is 439 g/mol. The van der Waals surface area contributed by atoms with Crippen LogP contribution in [0, 0.1) is 5.82 Å². The zero-order valence-corrected chi connectivity index (χ0v) is 16.8. The van der Waals surface area contributed by atoms with Crippen molar-refractivity contribution in [3.05, 3.63) is 70.5 Å². The van der Waals surface area contributed by atoms with Crippen molar-refractivity contribution >= 4 is 5.91 Å². The standard InChI is InChI=1S/C23H22F5NO2/c1-13(16-8-14(11-24)9-17(10-16)23(26,27)28)31-20-12-29-19(6-7-21(29)30)22(20)15-2-4-18(25)5-3-15/h2-5,8-10,13,19-20,22H,6-7,11-12H2,1H3/t13-,19+,20+,22+/m1/s1. The molecule has 8 heteroatoms. The van der Waals surface area contributed by atoms with Crippen LogP contribution in [-0.2, 0) is 22.4 Å². The number of rotatable bonds is 5. The third-order valence-electron chi connectivity index (χ3n) is 6.17. The molecule has 0 aliphatic carbocycles. The Bertz CT molecular complexity index is 959. The number of ether oxygens (including phenoxy) is 1. The fourth-order valence-electron chi connectivity index (χ4n) is 4.71. The number of carbonyl (C=O) groups is 1. The average Bonchev–Trinajstić information content (AvgIpc) is 3.26. The van der Waals surface area contributed by atoms with Crippen LogP contribution in [-0.4, -0.2) is 29.5 Å². The Balaban J connectivity index is 1.62. The van der Waals surface area contributed by atoms with Gasteiger partial charge in [0.1, 0.15) is 12.5 Å². The summed E-state index contributed by atoms with van der Waals surface area (Å²) in [4.78, 5) is 14.0. The second-order valence-corrected chi connectivity index (χ2v) is 8.14. The Labute approximate surface area is 176 Å². The van der Waals surface area contributed by atoms with Crippen molar-refractivity contribution in [1.29, 1.82) is 0 Å². The Morgan fingerprint density at radius 1 is 1.16 bits per heavy atom. The molecule has 4 atom stereocenters. The quantitative estimate of drug-likeness (QED) is 0.572. The lowest BCUT2D eigenvalue weighted by molar-refractivity contribution is -0.137. The van der Waals surface area contributed by atoms with E-state index in [9.17, 15) is 26.7 Å². The molecule has 0 spiro atoms. The molecule has 2 aromatic rings. The molecule has 4 rings (SSSR count). The first-order valence-electron chi connectivity index (χ1n) is 10.1. The summed E-state index contributed by atoms with van der Waals surface area (Å²) in [5.74, 6) is -0.592. The van der Waals surface area contributed by atoms with Gasteiger partial charge < -0.3 is 9.64 Å². The molecule has 2 aliphatic rings. The molecule has 3 nitrogen and oxygen atoms in total. The smallest absolute Gasteiger partial charge is 0.368 e. The van der Waals surface area contributed by atoms with E-state index < -0.39 is 30.6 Å². The van der Waals surface area contributed by atoms with Crippen LogP contribution < -0.4 is 0 Å². The van der Waals surface area contributed by atoms with Crippen LogP contribution in [0.4, 0.5) is 22.0 Å². The number of alkyl halides is 4. The number of hydrogen-bond donors (Lipinski definition) is 0. The molecule has 0 N–H and O–H groups in total. The molecule has 1 amide bonds. The molecular formula is C23H22F5NO2. The summed E-state index contributed by atoms with van der Waals surface area (Å²) in [6.45, 7) is 0.908. The van der Waals surface area contributed by atoms with Crippen LogP contribution in [0.25, 0.3) is 0 Å². The number of amides is 1. The molecule has 0 aromatic heterocycles. The number of carbonyl (C=O) groups excluding carboxylic acids is 1. The lowest BCUT2D eigenvalue weighted by Crippen LogP contribution is -2.29. The van der Waals surface area contributed by atoms with Gasteiger partial charge in [-0.25, -0.2) is 8.78 Å². The van der Waals surface area contributed by atoms with Gasteiger partial charge in [-0.3, -0.25) is 4.79 Å². The number of hydrogen-bond acceptors (Lipinski definition) is 2. The molecule has 0 unspecified atom stereocenters. The second-order valence-electron chi connectivity index (χ2n) is 8.14. The van der Waals surface area contributed by atoms with Gasteiger partial charge in [-0.15, -0.1) is 0 Å².